The van der Waals surface area contributed by atoms with Crippen molar-refractivity contribution < 1.29 is 24.2 Å². The Balaban J connectivity index is 4.84. The number of aliphatic carboxylic acids is 2. The molecule has 0 aliphatic carbocycles. The number of unbranched alkanes of at least 4 members (excludes halogenated alkanes) is 1. The number of hydrogen-bond donors (Lipinski definition) is 3. The normalized spacial score (nSPS) is 16.7. The first-order chi connectivity index (χ1) is 8.59. The van der Waals surface area contributed by atoms with E-state index in [9.17, 15) is 14.0 Å². The molecule has 0 fully saturated rings. The van der Waals surface area contributed by atoms with Crippen LogP contribution in [0.3, 0.4) is 0 Å². The van der Waals surface area contributed by atoms with E-state index in [1.54, 1.807) is 0 Å². The predicted octanol–water partition coefficient (Wildman–Crippen LogP) is 2.05. The number of nitrogens with two attached hydrogens (primary N) is 1. The van der Waals surface area contributed by atoms with Crippen LogP contribution in [-0.2, 0) is 9.59 Å². The SMILES string of the molecule is CC(CCCCF)CC(C)(N)C(C)(C(=O)O)C(=O)O. The van der Waals surface area contributed by atoms with E-state index in [-0.39, 0.29) is 19.0 Å². The third-order valence-electron chi connectivity index (χ3n) is 3.85. The lowest BCUT2D eigenvalue weighted by atomic mass is 9.68. The molecule has 6 heteroatoms. The minimum atomic E-state index is -2.04. The van der Waals surface area contributed by atoms with E-state index in [0.29, 0.717) is 19.3 Å². The van der Waals surface area contributed by atoms with Gasteiger partial charge < -0.3 is 15.9 Å². The van der Waals surface area contributed by atoms with Crippen LogP contribution in [-0.4, -0.2) is 34.4 Å². The third kappa shape index (κ3) is 4.16. The molecule has 0 aromatic carbocycles. The van der Waals surface area contributed by atoms with Gasteiger partial charge in [0, 0.05) is 5.54 Å². The van der Waals surface area contributed by atoms with E-state index >= 15 is 0 Å². The van der Waals surface area contributed by atoms with Crippen molar-refractivity contribution >= 4 is 11.9 Å². The summed E-state index contributed by atoms with van der Waals surface area (Å²) in [6.45, 7) is 4.06. The molecule has 0 bridgehead atoms. The molecule has 0 saturated carbocycles. The topological polar surface area (TPSA) is 101 Å². The van der Waals surface area contributed by atoms with Crippen LogP contribution >= 0.6 is 0 Å². The van der Waals surface area contributed by atoms with Crippen LogP contribution in [0.2, 0.25) is 0 Å². The van der Waals surface area contributed by atoms with Crippen molar-refractivity contribution in [2.45, 2.75) is 52.0 Å². The first kappa shape index (κ1) is 17.8. The van der Waals surface area contributed by atoms with Crippen molar-refractivity contribution in [3.63, 3.8) is 0 Å². The maximum Gasteiger partial charge on any atom is 0.322 e. The summed E-state index contributed by atoms with van der Waals surface area (Å²) in [4.78, 5) is 22.5. The van der Waals surface area contributed by atoms with Crippen LogP contribution in [0.15, 0.2) is 0 Å². The molecule has 0 aliphatic rings. The lowest BCUT2D eigenvalue weighted by molar-refractivity contribution is -0.168. The van der Waals surface area contributed by atoms with Gasteiger partial charge in [-0.2, -0.15) is 0 Å². The highest BCUT2D eigenvalue weighted by Gasteiger charge is 2.54. The van der Waals surface area contributed by atoms with Gasteiger partial charge in [-0.3, -0.25) is 14.0 Å². The largest absolute Gasteiger partial charge is 0.480 e. The van der Waals surface area contributed by atoms with Crippen LogP contribution in [0.25, 0.3) is 0 Å². The molecule has 2 atom stereocenters. The maximum atomic E-state index is 12.0. The number of alkyl halides is 1. The van der Waals surface area contributed by atoms with E-state index in [2.05, 4.69) is 0 Å². The van der Waals surface area contributed by atoms with Crippen LogP contribution in [0.4, 0.5) is 4.39 Å². The lowest BCUT2D eigenvalue weighted by Gasteiger charge is -2.39. The molecule has 4 N–H and O–H groups in total. The van der Waals surface area contributed by atoms with E-state index < -0.39 is 22.9 Å². The monoisotopic (exact) mass is 277 g/mol. The van der Waals surface area contributed by atoms with E-state index in [0.717, 1.165) is 6.92 Å². The molecule has 19 heavy (non-hydrogen) atoms. The molecule has 0 saturated heterocycles. The molecule has 112 valence electrons. The van der Waals surface area contributed by atoms with Gasteiger partial charge in [-0.05, 0) is 32.6 Å². The first-order valence-corrected chi connectivity index (χ1v) is 6.41. The molecule has 0 radical (unpaired) electrons. The number of hydrogen-bond acceptors (Lipinski definition) is 3. The summed E-state index contributed by atoms with van der Waals surface area (Å²) in [6, 6.07) is 0. The molecular formula is C13H24FNO4. The molecule has 0 amide bonds. The van der Waals surface area contributed by atoms with Crippen LogP contribution in [0.1, 0.15) is 46.5 Å². The molecular weight excluding hydrogens is 253 g/mol. The molecule has 0 aliphatic heterocycles. The van der Waals surface area contributed by atoms with Crippen molar-refractivity contribution in [3.8, 4) is 0 Å². The average molecular weight is 277 g/mol. The average Bonchev–Trinajstić information content (AvgIpc) is 2.26. The summed E-state index contributed by atoms with van der Waals surface area (Å²) < 4.78 is 12.0. The highest BCUT2D eigenvalue weighted by atomic mass is 19.1. The van der Waals surface area contributed by atoms with E-state index in [1.165, 1.54) is 6.92 Å². The fourth-order valence-corrected chi connectivity index (χ4v) is 2.20. The Morgan fingerprint density at radius 3 is 2.05 bits per heavy atom. The van der Waals surface area contributed by atoms with Gasteiger partial charge in [-0.15, -0.1) is 0 Å². The van der Waals surface area contributed by atoms with Crippen molar-refractivity contribution in [2.75, 3.05) is 6.67 Å². The van der Waals surface area contributed by atoms with Crippen molar-refractivity contribution in [3.05, 3.63) is 0 Å². The van der Waals surface area contributed by atoms with Gasteiger partial charge in [0.15, 0.2) is 5.41 Å². The second-order valence-electron chi connectivity index (χ2n) is 5.65. The van der Waals surface area contributed by atoms with Crippen molar-refractivity contribution in [1.82, 2.24) is 0 Å². The fourth-order valence-electron chi connectivity index (χ4n) is 2.20. The molecule has 2 unspecified atom stereocenters. The summed E-state index contributed by atoms with van der Waals surface area (Å²) in [6.07, 6.45) is 2.10. The molecule has 0 spiro atoms. The zero-order valence-electron chi connectivity index (χ0n) is 11.8. The number of carboxylic acid groups (broad SMARTS) is 2. The Morgan fingerprint density at radius 1 is 1.21 bits per heavy atom. The Labute approximate surface area is 113 Å². The molecule has 0 rings (SSSR count). The second kappa shape index (κ2) is 6.84. The van der Waals surface area contributed by atoms with Crippen molar-refractivity contribution in [1.29, 1.82) is 0 Å². The van der Waals surface area contributed by atoms with Gasteiger partial charge in [-0.1, -0.05) is 19.8 Å². The lowest BCUT2D eigenvalue weighted by Crippen LogP contribution is -2.60. The van der Waals surface area contributed by atoms with Gasteiger partial charge in [-0.25, -0.2) is 0 Å². The van der Waals surface area contributed by atoms with Gasteiger partial charge in [0.05, 0.1) is 6.67 Å². The summed E-state index contributed by atoms with van der Waals surface area (Å²) in [5.74, 6) is -2.85. The number of carbonyl (C=O) groups is 2. The third-order valence-corrected chi connectivity index (χ3v) is 3.85. The number of carboxylic acids is 2. The molecule has 0 aromatic heterocycles. The zero-order chi connectivity index (χ0) is 15.3. The Morgan fingerprint density at radius 2 is 1.68 bits per heavy atom. The second-order valence-corrected chi connectivity index (χ2v) is 5.65. The molecule has 0 aromatic rings. The molecule has 5 nitrogen and oxygen atoms in total. The van der Waals surface area contributed by atoms with Crippen LogP contribution in [0.5, 0.6) is 0 Å². The summed E-state index contributed by atoms with van der Waals surface area (Å²) in [5, 5.41) is 18.3. The minimum Gasteiger partial charge on any atom is -0.480 e. The zero-order valence-corrected chi connectivity index (χ0v) is 11.8. The van der Waals surface area contributed by atoms with E-state index in [4.69, 9.17) is 15.9 Å². The van der Waals surface area contributed by atoms with Gasteiger partial charge in [0.1, 0.15) is 0 Å². The standard InChI is InChI=1S/C13H24FNO4/c1-9(6-4-5-7-14)8-12(2,15)13(3,10(16)17)11(18)19/h9H,4-8,15H2,1-3H3,(H,16,17)(H,18,19). The van der Waals surface area contributed by atoms with Crippen molar-refractivity contribution in [2.24, 2.45) is 17.1 Å². The van der Waals surface area contributed by atoms with Gasteiger partial charge in [0.25, 0.3) is 0 Å². The fraction of sp³-hybridized carbons (Fsp3) is 0.846. The molecule has 0 heterocycles. The first-order valence-electron chi connectivity index (χ1n) is 6.41. The summed E-state index contributed by atoms with van der Waals surface area (Å²) in [5.41, 5.74) is 2.55. The predicted molar refractivity (Wildman–Crippen MR) is 69.6 cm³/mol. The summed E-state index contributed by atoms with van der Waals surface area (Å²) in [7, 11) is 0. The van der Waals surface area contributed by atoms with Crippen LogP contribution < -0.4 is 5.73 Å². The highest BCUT2D eigenvalue weighted by Crippen LogP contribution is 2.36. The Kier molecular flexibility index (Phi) is 6.42. The minimum absolute atomic E-state index is 0.0413. The smallest absolute Gasteiger partial charge is 0.322 e. The highest BCUT2D eigenvalue weighted by molar-refractivity contribution is 5.99. The number of rotatable bonds is 9. The Bertz CT molecular complexity index is 317. The van der Waals surface area contributed by atoms with Crippen LogP contribution in [0, 0.1) is 11.3 Å². The summed E-state index contributed by atoms with van der Waals surface area (Å²) >= 11 is 0. The Hall–Kier alpha value is -1.17. The quantitative estimate of drug-likeness (QED) is 0.442. The van der Waals surface area contributed by atoms with E-state index in [1.807, 2.05) is 6.92 Å². The maximum absolute atomic E-state index is 12.0. The van der Waals surface area contributed by atoms with Gasteiger partial charge in [0.2, 0.25) is 0 Å². The van der Waals surface area contributed by atoms with Gasteiger partial charge >= 0.3 is 11.9 Å². The number of halogens is 1.